The fraction of sp³-hybridized carbons (Fsp3) is 0.367. The quantitative estimate of drug-likeness (QED) is 0.357. The number of rotatable bonds is 8. The van der Waals surface area contributed by atoms with E-state index in [-0.39, 0.29) is 11.1 Å². The van der Waals surface area contributed by atoms with Gasteiger partial charge in [0.15, 0.2) is 0 Å². The van der Waals surface area contributed by atoms with Gasteiger partial charge in [0.25, 0.3) is 0 Å². The topological polar surface area (TPSA) is 78.7 Å². The molecule has 36 heavy (non-hydrogen) atoms. The van der Waals surface area contributed by atoms with Gasteiger partial charge in [-0.1, -0.05) is 75.4 Å². The Morgan fingerprint density at radius 2 is 1.56 bits per heavy atom. The van der Waals surface area contributed by atoms with Gasteiger partial charge in [0.2, 0.25) is 0 Å². The van der Waals surface area contributed by atoms with E-state index < -0.39 is 0 Å². The minimum absolute atomic E-state index is 0.0402. The van der Waals surface area contributed by atoms with E-state index in [1.807, 2.05) is 26.0 Å². The average Bonchev–Trinajstić information content (AvgIpc) is 3.15. The maximum absolute atomic E-state index is 13.0. The fourth-order valence-corrected chi connectivity index (χ4v) is 4.37. The van der Waals surface area contributed by atoms with E-state index in [1.54, 1.807) is 9.25 Å². The Balaban J connectivity index is 1.40. The van der Waals surface area contributed by atoms with Crippen LogP contribution in [0.15, 0.2) is 65.5 Å². The van der Waals surface area contributed by atoms with Gasteiger partial charge in [-0.15, -0.1) is 0 Å². The normalized spacial score (nSPS) is 11.7. The molecule has 0 spiro atoms. The highest BCUT2D eigenvalue weighted by Gasteiger charge is 2.15. The number of nitrogens with zero attached hydrogens (tertiary/aromatic N) is 4. The van der Waals surface area contributed by atoms with E-state index >= 15 is 0 Å². The number of benzene rings is 2. The Hall–Kier alpha value is -3.67. The molecule has 0 atom stereocenters. The van der Waals surface area contributed by atoms with Crippen molar-refractivity contribution in [2.75, 3.05) is 5.73 Å². The molecule has 4 rings (SSSR count). The zero-order valence-corrected chi connectivity index (χ0v) is 22.1. The zero-order chi connectivity index (χ0) is 25.9. The zero-order valence-electron chi connectivity index (χ0n) is 22.1. The number of aryl methyl sites for hydroxylation is 3. The van der Waals surface area contributed by atoms with Gasteiger partial charge in [-0.25, -0.2) is 14.5 Å². The molecule has 2 aromatic heterocycles. The summed E-state index contributed by atoms with van der Waals surface area (Å²) >= 11 is 0. The van der Waals surface area contributed by atoms with Crippen LogP contribution in [0.25, 0.3) is 11.3 Å². The highest BCUT2D eigenvalue weighted by molar-refractivity contribution is 5.62. The van der Waals surface area contributed by atoms with Crippen molar-refractivity contribution in [3.8, 4) is 11.3 Å². The minimum Gasteiger partial charge on any atom is -0.383 e. The highest BCUT2D eigenvalue weighted by Crippen LogP contribution is 2.23. The first-order chi connectivity index (χ1) is 17.2. The van der Waals surface area contributed by atoms with Crippen molar-refractivity contribution in [3.05, 3.63) is 99.2 Å². The molecule has 0 aliphatic rings. The molecule has 6 heteroatoms. The van der Waals surface area contributed by atoms with Gasteiger partial charge in [-0.3, -0.25) is 4.57 Å². The van der Waals surface area contributed by atoms with Crippen LogP contribution < -0.4 is 11.4 Å². The first kappa shape index (κ1) is 25.4. The van der Waals surface area contributed by atoms with Crippen molar-refractivity contribution < 1.29 is 0 Å². The Kier molecular flexibility index (Phi) is 7.43. The van der Waals surface area contributed by atoms with E-state index in [2.05, 4.69) is 74.3 Å². The number of nitrogen functional groups attached to an aromatic ring is 1. The molecule has 2 aromatic carbocycles. The lowest BCUT2D eigenvalue weighted by Crippen LogP contribution is -2.25. The summed E-state index contributed by atoms with van der Waals surface area (Å²) in [5, 5.41) is 4.69. The molecule has 0 saturated heterocycles. The standard InChI is InChI=1S/C30H37N5O/c1-6-34-27(33-35(29(34)36)20-23-13-17-25(18-14-23)30(3,4)5)9-7-8-22-11-15-24(16-12-22)26-19-10-21(2)28(31)32-26/h10-19H,6-9,20H2,1-5H3,(H2,31,32). The molecule has 2 heterocycles. The Morgan fingerprint density at radius 1 is 0.889 bits per heavy atom. The number of hydrogen-bond donors (Lipinski definition) is 1. The number of pyridine rings is 1. The van der Waals surface area contributed by atoms with Crippen molar-refractivity contribution in [3.63, 3.8) is 0 Å². The van der Waals surface area contributed by atoms with Gasteiger partial charge in [0.05, 0.1) is 12.2 Å². The second kappa shape index (κ2) is 10.5. The van der Waals surface area contributed by atoms with Crippen molar-refractivity contribution >= 4 is 5.82 Å². The molecule has 0 saturated carbocycles. The molecular formula is C30H37N5O. The molecule has 188 valence electrons. The molecule has 0 radical (unpaired) electrons. The van der Waals surface area contributed by atoms with Gasteiger partial charge >= 0.3 is 5.69 Å². The van der Waals surface area contributed by atoms with Crippen LogP contribution >= 0.6 is 0 Å². The second-order valence-electron chi connectivity index (χ2n) is 10.5. The first-order valence-electron chi connectivity index (χ1n) is 12.7. The summed E-state index contributed by atoms with van der Waals surface area (Å²) in [5.74, 6) is 1.42. The lowest BCUT2D eigenvalue weighted by molar-refractivity contribution is 0.588. The maximum atomic E-state index is 13.0. The molecule has 4 aromatic rings. The summed E-state index contributed by atoms with van der Waals surface area (Å²) in [6.45, 7) is 11.7. The Bertz CT molecular complexity index is 1370. The van der Waals surface area contributed by atoms with Crippen molar-refractivity contribution in [1.82, 2.24) is 19.3 Å². The molecule has 0 amide bonds. The third kappa shape index (κ3) is 5.76. The van der Waals surface area contributed by atoms with Crippen molar-refractivity contribution in [2.45, 2.75) is 72.4 Å². The van der Waals surface area contributed by atoms with Gasteiger partial charge in [-0.2, -0.15) is 5.10 Å². The lowest BCUT2D eigenvalue weighted by Gasteiger charge is -2.19. The molecule has 0 fully saturated rings. The largest absolute Gasteiger partial charge is 0.383 e. The number of hydrogen-bond acceptors (Lipinski definition) is 4. The maximum Gasteiger partial charge on any atom is 0.346 e. The Labute approximate surface area is 213 Å². The molecule has 0 bridgehead atoms. The molecule has 0 aliphatic heterocycles. The summed E-state index contributed by atoms with van der Waals surface area (Å²) in [5.41, 5.74) is 12.6. The van der Waals surface area contributed by atoms with Gasteiger partial charge < -0.3 is 5.73 Å². The number of nitrogens with two attached hydrogens (primary N) is 1. The van der Waals surface area contributed by atoms with E-state index in [1.165, 1.54) is 11.1 Å². The fourth-order valence-electron chi connectivity index (χ4n) is 4.37. The predicted molar refractivity (Wildman–Crippen MR) is 147 cm³/mol. The van der Waals surface area contributed by atoms with E-state index in [0.29, 0.717) is 18.9 Å². The summed E-state index contributed by atoms with van der Waals surface area (Å²) in [6, 6.07) is 20.9. The second-order valence-corrected chi connectivity index (χ2v) is 10.5. The molecule has 6 nitrogen and oxygen atoms in total. The number of anilines is 1. The van der Waals surface area contributed by atoms with E-state index in [9.17, 15) is 4.79 Å². The summed E-state index contributed by atoms with van der Waals surface area (Å²) in [6.07, 6.45) is 2.60. The number of aromatic nitrogens is 4. The summed E-state index contributed by atoms with van der Waals surface area (Å²) in [4.78, 5) is 17.4. The molecule has 0 unspecified atom stereocenters. The van der Waals surface area contributed by atoms with Crippen molar-refractivity contribution in [2.24, 2.45) is 0 Å². The highest BCUT2D eigenvalue weighted by atomic mass is 16.2. The Morgan fingerprint density at radius 3 is 2.17 bits per heavy atom. The molecule has 2 N–H and O–H groups in total. The van der Waals surface area contributed by atoms with Crippen molar-refractivity contribution in [1.29, 1.82) is 0 Å². The summed E-state index contributed by atoms with van der Waals surface area (Å²) < 4.78 is 3.39. The summed E-state index contributed by atoms with van der Waals surface area (Å²) in [7, 11) is 0. The smallest absolute Gasteiger partial charge is 0.346 e. The molecular weight excluding hydrogens is 446 g/mol. The van der Waals surface area contributed by atoms with Crippen LogP contribution in [0.4, 0.5) is 5.82 Å². The van der Waals surface area contributed by atoms with Crippen LogP contribution in [0.3, 0.4) is 0 Å². The van der Waals surface area contributed by atoms with Gasteiger partial charge in [0.1, 0.15) is 11.6 Å². The first-order valence-corrected chi connectivity index (χ1v) is 12.7. The van der Waals surface area contributed by atoms with Crippen LogP contribution in [-0.2, 0) is 31.3 Å². The third-order valence-corrected chi connectivity index (χ3v) is 6.72. The van der Waals surface area contributed by atoms with Crippen LogP contribution in [0.2, 0.25) is 0 Å². The molecule has 0 aliphatic carbocycles. The SMILES string of the molecule is CCn1c(CCCc2ccc(-c3ccc(C)c(N)n3)cc2)nn(Cc2ccc(C(C)(C)C)cc2)c1=O. The average molecular weight is 484 g/mol. The minimum atomic E-state index is -0.0402. The van der Waals surface area contributed by atoms with Crippen LogP contribution in [-0.4, -0.2) is 19.3 Å². The van der Waals surface area contributed by atoms with E-state index in [0.717, 1.165) is 47.5 Å². The van der Waals surface area contributed by atoms with Crippen LogP contribution in [0.1, 0.15) is 62.2 Å². The monoisotopic (exact) mass is 483 g/mol. The lowest BCUT2D eigenvalue weighted by atomic mass is 9.87. The van der Waals surface area contributed by atoms with Crippen LogP contribution in [0, 0.1) is 6.92 Å². The predicted octanol–water partition coefficient (Wildman–Crippen LogP) is 5.54. The van der Waals surface area contributed by atoms with Crippen LogP contribution in [0.5, 0.6) is 0 Å². The van der Waals surface area contributed by atoms with Gasteiger partial charge in [-0.05, 0) is 60.4 Å². The third-order valence-electron chi connectivity index (χ3n) is 6.72. The van der Waals surface area contributed by atoms with Gasteiger partial charge in [0, 0.05) is 18.5 Å². The van der Waals surface area contributed by atoms with E-state index in [4.69, 9.17) is 10.8 Å².